The minimum Gasteiger partial charge on any atom is -0.389 e. The second-order valence-electron chi connectivity index (χ2n) is 5.02. The highest BCUT2D eigenvalue weighted by molar-refractivity contribution is 7.18. The molecule has 1 unspecified atom stereocenters. The van der Waals surface area contributed by atoms with Crippen LogP contribution in [0.4, 0.5) is 0 Å². The normalized spacial score (nSPS) is 13.2. The summed E-state index contributed by atoms with van der Waals surface area (Å²) < 4.78 is 0.817. The molecule has 7 heteroatoms. The summed E-state index contributed by atoms with van der Waals surface area (Å²) in [4.78, 5) is 3.00. The van der Waals surface area contributed by atoms with Gasteiger partial charge in [0.15, 0.2) is 6.29 Å². The molecule has 22 heavy (non-hydrogen) atoms. The summed E-state index contributed by atoms with van der Waals surface area (Å²) >= 11 is 13.5. The first kappa shape index (κ1) is 15.8. The van der Waals surface area contributed by atoms with Crippen LogP contribution < -0.4 is 0 Å². The quantitative estimate of drug-likeness (QED) is 0.529. The van der Waals surface area contributed by atoms with E-state index in [0.29, 0.717) is 32.3 Å². The number of hydrogen-bond acceptors (Lipinski definition) is 4. The van der Waals surface area contributed by atoms with Gasteiger partial charge >= 0.3 is 0 Å². The Balaban J connectivity index is 2.33. The lowest BCUT2D eigenvalue weighted by Gasteiger charge is -2.07. The van der Waals surface area contributed by atoms with E-state index in [1.807, 2.05) is 5.38 Å². The summed E-state index contributed by atoms with van der Waals surface area (Å²) in [5, 5.41) is 31.9. The highest BCUT2D eigenvalue weighted by atomic mass is 35.5. The van der Waals surface area contributed by atoms with E-state index in [0.717, 1.165) is 4.70 Å². The standard InChI is InChI=1S/C15H13Cl2NO3S/c1-6(19)10-5-22-14-11(13(15(20)21)18-12(10)14)7-2-8(16)4-9(17)3-7/h2-6,15,18-21H,1H3. The largest absolute Gasteiger partial charge is 0.389 e. The predicted molar refractivity (Wildman–Crippen MR) is 89.4 cm³/mol. The first-order chi connectivity index (χ1) is 10.4. The molecule has 3 rings (SSSR count). The van der Waals surface area contributed by atoms with Crippen molar-refractivity contribution < 1.29 is 15.3 Å². The van der Waals surface area contributed by atoms with Gasteiger partial charge in [0.05, 0.1) is 22.0 Å². The Hall–Kier alpha value is -1.08. The molecule has 2 heterocycles. The van der Waals surface area contributed by atoms with Gasteiger partial charge in [-0.2, -0.15) is 0 Å². The molecule has 0 spiro atoms. The zero-order valence-corrected chi connectivity index (χ0v) is 13.8. The third-order valence-corrected chi connectivity index (χ3v) is 4.89. The number of fused-ring (bicyclic) bond motifs is 1. The number of thiophene rings is 1. The minimum absolute atomic E-state index is 0.252. The number of aromatic nitrogens is 1. The Morgan fingerprint density at radius 2 is 1.73 bits per heavy atom. The van der Waals surface area contributed by atoms with Gasteiger partial charge in [0.2, 0.25) is 0 Å². The van der Waals surface area contributed by atoms with Gasteiger partial charge in [-0.1, -0.05) is 23.2 Å². The van der Waals surface area contributed by atoms with Crippen LogP contribution in [0.15, 0.2) is 23.6 Å². The van der Waals surface area contributed by atoms with Crippen LogP contribution in [0.3, 0.4) is 0 Å². The van der Waals surface area contributed by atoms with Crippen LogP contribution in [0.25, 0.3) is 21.3 Å². The van der Waals surface area contributed by atoms with Gasteiger partial charge < -0.3 is 20.3 Å². The molecule has 0 radical (unpaired) electrons. The highest BCUT2D eigenvalue weighted by Crippen LogP contribution is 2.42. The van der Waals surface area contributed by atoms with Crippen molar-refractivity contribution >= 4 is 44.8 Å². The van der Waals surface area contributed by atoms with E-state index in [-0.39, 0.29) is 5.69 Å². The van der Waals surface area contributed by atoms with E-state index in [1.54, 1.807) is 25.1 Å². The fourth-order valence-electron chi connectivity index (χ4n) is 2.49. The van der Waals surface area contributed by atoms with Crippen LogP contribution >= 0.6 is 34.5 Å². The molecular weight excluding hydrogens is 345 g/mol. The molecule has 4 nitrogen and oxygen atoms in total. The third kappa shape index (κ3) is 2.65. The van der Waals surface area contributed by atoms with Crippen molar-refractivity contribution in [1.82, 2.24) is 4.98 Å². The van der Waals surface area contributed by atoms with E-state index in [2.05, 4.69) is 4.98 Å². The summed E-state index contributed by atoms with van der Waals surface area (Å²) in [7, 11) is 0. The zero-order valence-electron chi connectivity index (χ0n) is 11.5. The van der Waals surface area contributed by atoms with Gasteiger partial charge in [-0.3, -0.25) is 0 Å². The van der Waals surface area contributed by atoms with E-state index in [9.17, 15) is 15.3 Å². The van der Waals surface area contributed by atoms with E-state index in [4.69, 9.17) is 23.2 Å². The topological polar surface area (TPSA) is 76.5 Å². The molecule has 0 saturated heterocycles. The highest BCUT2D eigenvalue weighted by Gasteiger charge is 2.22. The van der Waals surface area contributed by atoms with Crippen molar-refractivity contribution in [3.63, 3.8) is 0 Å². The number of hydrogen-bond donors (Lipinski definition) is 4. The van der Waals surface area contributed by atoms with Crippen LogP contribution in [0, 0.1) is 0 Å². The fourth-order valence-corrected chi connectivity index (χ4v) is 4.21. The van der Waals surface area contributed by atoms with Crippen LogP contribution in [-0.4, -0.2) is 20.3 Å². The molecule has 1 aromatic carbocycles. The van der Waals surface area contributed by atoms with Gasteiger partial charge in [-0.15, -0.1) is 11.3 Å². The molecule has 0 fully saturated rings. The molecule has 0 bridgehead atoms. The number of halogens is 2. The number of aliphatic hydroxyl groups is 3. The number of rotatable bonds is 3. The summed E-state index contributed by atoms with van der Waals surface area (Å²) in [5.74, 6) is 0. The van der Waals surface area contributed by atoms with Gasteiger partial charge in [0.25, 0.3) is 0 Å². The van der Waals surface area contributed by atoms with Crippen molar-refractivity contribution in [3.05, 3.63) is 44.9 Å². The maximum Gasteiger partial charge on any atom is 0.194 e. The molecule has 0 aliphatic heterocycles. The fraction of sp³-hybridized carbons (Fsp3) is 0.200. The van der Waals surface area contributed by atoms with Crippen molar-refractivity contribution in [2.75, 3.05) is 0 Å². The van der Waals surface area contributed by atoms with Gasteiger partial charge in [-0.25, -0.2) is 0 Å². The molecule has 0 aliphatic rings. The van der Waals surface area contributed by atoms with E-state index < -0.39 is 12.4 Å². The lowest BCUT2D eigenvalue weighted by Crippen LogP contribution is -1.98. The molecule has 0 saturated carbocycles. The molecule has 4 N–H and O–H groups in total. The van der Waals surface area contributed by atoms with E-state index >= 15 is 0 Å². The maximum atomic E-state index is 9.83. The minimum atomic E-state index is -1.67. The average Bonchev–Trinajstić information content (AvgIpc) is 2.94. The second kappa shape index (κ2) is 5.85. The Morgan fingerprint density at radius 3 is 2.27 bits per heavy atom. The Labute approximate surface area is 140 Å². The molecule has 3 aromatic rings. The lowest BCUT2D eigenvalue weighted by atomic mass is 10.1. The first-order valence-electron chi connectivity index (χ1n) is 6.52. The molecule has 1 atom stereocenters. The van der Waals surface area contributed by atoms with Crippen molar-refractivity contribution in [1.29, 1.82) is 0 Å². The smallest absolute Gasteiger partial charge is 0.194 e. The Morgan fingerprint density at radius 1 is 1.09 bits per heavy atom. The summed E-state index contributed by atoms with van der Waals surface area (Å²) in [6.07, 6.45) is -2.33. The van der Waals surface area contributed by atoms with Crippen LogP contribution in [0.2, 0.25) is 10.0 Å². The number of aliphatic hydroxyl groups excluding tert-OH is 2. The summed E-state index contributed by atoms with van der Waals surface area (Å²) in [6, 6.07) is 5.04. The number of aromatic amines is 1. The second-order valence-corrected chi connectivity index (χ2v) is 6.77. The molecular formula is C15H13Cl2NO3S. The summed E-state index contributed by atoms with van der Waals surface area (Å²) in [6.45, 7) is 1.66. The monoisotopic (exact) mass is 357 g/mol. The molecule has 116 valence electrons. The number of benzene rings is 1. The average molecular weight is 358 g/mol. The third-order valence-electron chi connectivity index (χ3n) is 3.44. The summed E-state index contributed by atoms with van der Waals surface area (Å²) in [5.41, 5.74) is 2.97. The van der Waals surface area contributed by atoms with Crippen LogP contribution in [0.5, 0.6) is 0 Å². The van der Waals surface area contributed by atoms with Crippen molar-refractivity contribution in [2.24, 2.45) is 0 Å². The van der Waals surface area contributed by atoms with E-state index in [1.165, 1.54) is 11.3 Å². The van der Waals surface area contributed by atoms with Gasteiger partial charge in [0, 0.05) is 21.2 Å². The molecule has 0 aliphatic carbocycles. The van der Waals surface area contributed by atoms with Crippen molar-refractivity contribution in [2.45, 2.75) is 19.3 Å². The lowest BCUT2D eigenvalue weighted by molar-refractivity contribution is -0.0448. The Bertz CT molecular complexity index is 819. The number of H-pyrrole nitrogens is 1. The maximum absolute atomic E-state index is 9.83. The van der Waals surface area contributed by atoms with Crippen LogP contribution in [-0.2, 0) is 0 Å². The predicted octanol–water partition coefficient (Wildman–Crippen LogP) is 4.24. The Kier molecular flexibility index (Phi) is 4.20. The zero-order chi connectivity index (χ0) is 16.0. The number of nitrogens with one attached hydrogen (secondary N) is 1. The van der Waals surface area contributed by atoms with Crippen molar-refractivity contribution in [3.8, 4) is 11.1 Å². The van der Waals surface area contributed by atoms with Gasteiger partial charge in [0.1, 0.15) is 0 Å². The van der Waals surface area contributed by atoms with Gasteiger partial charge in [-0.05, 0) is 36.1 Å². The first-order valence-corrected chi connectivity index (χ1v) is 8.15. The molecule has 2 aromatic heterocycles. The molecule has 0 amide bonds. The van der Waals surface area contributed by atoms with Crippen LogP contribution in [0.1, 0.15) is 30.6 Å². The SMILES string of the molecule is CC(O)c1csc2c(-c3cc(Cl)cc(Cl)c3)c(C(O)O)[nH]c12.